The summed E-state index contributed by atoms with van der Waals surface area (Å²) < 4.78 is 20.1. The molecule has 5 nitrogen and oxygen atoms in total. The van der Waals surface area contributed by atoms with E-state index < -0.39 is 5.92 Å². The Bertz CT molecular complexity index is 1220. The van der Waals surface area contributed by atoms with E-state index >= 15 is 0 Å². The lowest BCUT2D eigenvalue weighted by molar-refractivity contribution is -0.119. The Hall–Kier alpha value is -3.13. The molecule has 0 unspecified atom stereocenters. The van der Waals surface area contributed by atoms with Gasteiger partial charge in [-0.2, -0.15) is 0 Å². The number of aromatic nitrogens is 1. The average Bonchev–Trinajstić information content (AvgIpc) is 3.31. The topological polar surface area (TPSA) is 45.7 Å². The van der Waals surface area contributed by atoms with Crippen molar-refractivity contribution >= 4 is 32.6 Å². The number of carbonyl (C=O) groups excluding carboxylic acids is 1. The minimum Gasteiger partial charge on any atom is -0.379 e. The van der Waals surface area contributed by atoms with E-state index in [9.17, 15) is 9.18 Å². The summed E-state index contributed by atoms with van der Waals surface area (Å²) in [6.07, 6.45) is 0.812. The molecule has 5 rings (SSSR count). The van der Waals surface area contributed by atoms with E-state index in [1.807, 2.05) is 60.7 Å². The standard InChI is InChI=1S/C28H28FN3O2S/c29-23-12-13-24-25(20-23)35-28(30-24)32(15-7-14-31-16-18-34-19-17-31)27(33)26(21-8-3-1-4-9-21)22-10-5-2-6-11-22/h1-6,8-13,20,26H,7,14-19H2. The summed E-state index contributed by atoms with van der Waals surface area (Å²) in [5.41, 5.74) is 2.58. The molecular formula is C28H28FN3O2S. The number of halogens is 1. The maximum Gasteiger partial charge on any atom is 0.240 e. The molecule has 0 N–H and O–H groups in total. The molecule has 0 aliphatic carbocycles. The molecular weight excluding hydrogens is 461 g/mol. The number of hydrogen-bond acceptors (Lipinski definition) is 5. The number of rotatable bonds is 8. The third-order valence-corrected chi connectivity index (χ3v) is 7.35. The molecule has 1 fully saturated rings. The van der Waals surface area contributed by atoms with E-state index in [0.717, 1.165) is 55.1 Å². The Labute approximate surface area is 208 Å². The Morgan fingerprint density at radius 2 is 1.66 bits per heavy atom. The fourth-order valence-electron chi connectivity index (χ4n) is 4.50. The third-order valence-electron chi connectivity index (χ3n) is 6.31. The summed E-state index contributed by atoms with van der Waals surface area (Å²) in [4.78, 5) is 23.2. The zero-order valence-corrected chi connectivity index (χ0v) is 20.3. The van der Waals surface area contributed by atoms with Crippen LogP contribution in [0.25, 0.3) is 10.2 Å². The Morgan fingerprint density at radius 3 is 2.31 bits per heavy atom. The molecule has 0 bridgehead atoms. The van der Waals surface area contributed by atoms with Crippen molar-refractivity contribution in [3.05, 3.63) is 95.8 Å². The molecule has 180 valence electrons. The minimum absolute atomic E-state index is 0.0242. The summed E-state index contributed by atoms with van der Waals surface area (Å²) in [5.74, 6) is -0.780. The molecule has 0 saturated carbocycles. The molecule has 0 radical (unpaired) electrons. The highest BCUT2D eigenvalue weighted by molar-refractivity contribution is 7.22. The van der Waals surface area contributed by atoms with Crippen LogP contribution < -0.4 is 4.90 Å². The summed E-state index contributed by atoms with van der Waals surface area (Å²) in [5, 5.41) is 0.606. The summed E-state index contributed by atoms with van der Waals surface area (Å²) in [7, 11) is 0. The fraction of sp³-hybridized carbons (Fsp3) is 0.286. The molecule has 1 aromatic heterocycles. The van der Waals surface area contributed by atoms with Gasteiger partial charge in [0, 0.05) is 26.2 Å². The lowest BCUT2D eigenvalue weighted by Crippen LogP contribution is -2.40. The second-order valence-corrected chi connectivity index (χ2v) is 9.67. The highest BCUT2D eigenvalue weighted by Gasteiger charge is 2.30. The lowest BCUT2D eigenvalue weighted by Gasteiger charge is -2.29. The van der Waals surface area contributed by atoms with Gasteiger partial charge in [-0.1, -0.05) is 72.0 Å². The molecule has 0 spiro atoms. The monoisotopic (exact) mass is 489 g/mol. The van der Waals surface area contributed by atoms with E-state index in [1.54, 1.807) is 11.0 Å². The quantitative estimate of drug-likeness (QED) is 0.336. The zero-order chi connectivity index (χ0) is 24.0. The molecule has 1 saturated heterocycles. The van der Waals surface area contributed by atoms with Crippen LogP contribution in [0.15, 0.2) is 78.9 Å². The first-order valence-electron chi connectivity index (χ1n) is 12.0. The largest absolute Gasteiger partial charge is 0.379 e. The van der Waals surface area contributed by atoms with Crippen LogP contribution in [0, 0.1) is 5.82 Å². The molecule has 0 atom stereocenters. The van der Waals surface area contributed by atoms with E-state index in [0.29, 0.717) is 17.2 Å². The Morgan fingerprint density at radius 1 is 1.00 bits per heavy atom. The second-order valence-electron chi connectivity index (χ2n) is 8.66. The molecule has 2 heterocycles. The minimum atomic E-state index is -0.454. The van der Waals surface area contributed by atoms with Gasteiger partial charge in [-0.3, -0.25) is 14.6 Å². The van der Waals surface area contributed by atoms with Crippen LogP contribution in [0.3, 0.4) is 0 Å². The van der Waals surface area contributed by atoms with Crippen molar-refractivity contribution < 1.29 is 13.9 Å². The third kappa shape index (κ3) is 5.59. The van der Waals surface area contributed by atoms with Crippen LogP contribution in [0.2, 0.25) is 0 Å². The predicted molar refractivity (Wildman–Crippen MR) is 139 cm³/mol. The summed E-state index contributed by atoms with van der Waals surface area (Å²) in [6, 6.07) is 24.3. The van der Waals surface area contributed by atoms with Crippen molar-refractivity contribution in [1.29, 1.82) is 0 Å². The normalized spacial score (nSPS) is 14.5. The number of carbonyl (C=O) groups is 1. The number of morpholine rings is 1. The van der Waals surface area contributed by atoms with Crippen LogP contribution in [-0.4, -0.2) is 55.2 Å². The van der Waals surface area contributed by atoms with Crippen molar-refractivity contribution in [3.8, 4) is 0 Å². The van der Waals surface area contributed by atoms with Crippen molar-refractivity contribution in [3.63, 3.8) is 0 Å². The molecule has 1 amide bonds. The molecule has 1 aliphatic rings. The number of nitrogens with zero attached hydrogens (tertiary/aromatic N) is 3. The summed E-state index contributed by atoms with van der Waals surface area (Å²) >= 11 is 1.36. The highest BCUT2D eigenvalue weighted by Crippen LogP contribution is 2.34. The van der Waals surface area contributed by atoms with Crippen LogP contribution in [0.4, 0.5) is 9.52 Å². The number of benzene rings is 3. The van der Waals surface area contributed by atoms with Gasteiger partial charge in [0.2, 0.25) is 5.91 Å². The van der Waals surface area contributed by atoms with Crippen molar-refractivity contribution in [1.82, 2.24) is 9.88 Å². The van der Waals surface area contributed by atoms with E-state index in [2.05, 4.69) is 4.90 Å². The van der Waals surface area contributed by atoms with Crippen molar-refractivity contribution in [2.45, 2.75) is 12.3 Å². The van der Waals surface area contributed by atoms with E-state index in [4.69, 9.17) is 9.72 Å². The Kier molecular flexibility index (Phi) is 7.47. The number of thiazole rings is 1. The van der Waals surface area contributed by atoms with Gasteiger partial charge in [0.05, 0.1) is 29.3 Å². The molecule has 4 aromatic rings. The molecule has 3 aromatic carbocycles. The van der Waals surface area contributed by atoms with Crippen molar-refractivity contribution in [2.75, 3.05) is 44.3 Å². The maximum atomic E-state index is 14.3. The van der Waals surface area contributed by atoms with Gasteiger partial charge in [0.25, 0.3) is 0 Å². The van der Waals surface area contributed by atoms with Gasteiger partial charge in [-0.25, -0.2) is 9.37 Å². The first-order valence-corrected chi connectivity index (χ1v) is 12.8. The van der Waals surface area contributed by atoms with Gasteiger partial charge in [-0.15, -0.1) is 0 Å². The highest BCUT2D eigenvalue weighted by atomic mass is 32.1. The Balaban J connectivity index is 1.48. The number of hydrogen-bond donors (Lipinski definition) is 0. The van der Waals surface area contributed by atoms with Crippen LogP contribution >= 0.6 is 11.3 Å². The van der Waals surface area contributed by atoms with Crippen molar-refractivity contribution in [2.24, 2.45) is 0 Å². The van der Waals surface area contributed by atoms with Crippen LogP contribution in [-0.2, 0) is 9.53 Å². The SMILES string of the molecule is O=C(C(c1ccccc1)c1ccccc1)N(CCCN1CCOCC1)c1nc2ccc(F)cc2s1. The van der Waals surface area contributed by atoms with Gasteiger partial charge < -0.3 is 4.74 Å². The van der Waals surface area contributed by atoms with Gasteiger partial charge >= 0.3 is 0 Å². The first-order chi connectivity index (χ1) is 17.2. The van der Waals surface area contributed by atoms with Gasteiger partial charge in [0.15, 0.2) is 5.13 Å². The number of ether oxygens (including phenoxy) is 1. The van der Waals surface area contributed by atoms with Gasteiger partial charge in [-0.05, 0) is 35.7 Å². The number of fused-ring (bicyclic) bond motifs is 1. The van der Waals surface area contributed by atoms with E-state index in [-0.39, 0.29) is 11.7 Å². The smallest absolute Gasteiger partial charge is 0.240 e. The molecule has 35 heavy (non-hydrogen) atoms. The molecule has 7 heteroatoms. The van der Waals surface area contributed by atoms with Crippen LogP contribution in [0.1, 0.15) is 23.5 Å². The van der Waals surface area contributed by atoms with Crippen LogP contribution in [0.5, 0.6) is 0 Å². The predicted octanol–water partition coefficient (Wildman–Crippen LogP) is 5.32. The zero-order valence-electron chi connectivity index (χ0n) is 19.5. The number of anilines is 1. The maximum absolute atomic E-state index is 14.3. The first kappa shape index (κ1) is 23.6. The summed E-state index contributed by atoms with van der Waals surface area (Å²) in [6.45, 7) is 4.73. The van der Waals surface area contributed by atoms with Gasteiger partial charge in [0.1, 0.15) is 5.82 Å². The lowest BCUT2D eigenvalue weighted by atomic mass is 9.90. The average molecular weight is 490 g/mol. The number of amides is 1. The second kappa shape index (κ2) is 11.1. The molecule has 1 aliphatic heterocycles. The van der Waals surface area contributed by atoms with E-state index in [1.165, 1.54) is 23.5 Å². The fourth-order valence-corrected chi connectivity index (χ4v) is 5.53.